The van der Waals surface area contributed by atoms with E-state index in [1.807, 2.05) is 50.4 Å². The van der Waals surface area contributed by atoms with Crippen molar-refractivity contribution in [2.24, 2.45) is 10.2 Å². The van der Waals surface area contributed by atoms with Crippen LogP contribution in [-0.4, -0.2) is 20.6 Å². The number of benzene rings is 1. The number of rotatable bonds is 4. The zero-order chi connectivity index (χ0) is 17.3. The summed E-state index contributed by atoms with van der Waals surface area (Å²) in [6.07, 6.45) is 0.117. The molecule has 0 saturated heterocycles. The van der Waals surface area contributed by atoms with Gasteiger partial charge in [0.1, 0.15) is 5.01 Å². The van der Waals surface area contributed by atoms with E-state index < -0.39 is 0 Å². The largest absolute Gasteiger partial charge is 0.493 e. The number of aromatic hydroxyl groups is 1. The minimum Gasteiger partial charge on any atom is -0.493 e. The molecule has 3 aromatic rings. The number of thiazole rings is 1. The van der Waals surface area contributed by atoms with Gasteiger partial charge in [0.25, 0.3) is 5.91 Å². The lowest BCUT2D eigenvalue weighted by molar-refractivity contribution is -0.117. The molecule has 7 heteroatoms. The number of para-hydroxylation sites is 1. The summed E-state index contributed by atoms with van der Waals surface area (Å²) in [4.78, 5) is 16.2. The van der Waals surface area contributed by atoms with Crippen molar-refractivity contribution in [3.05, 3.63) is 40.3 Å². The van der Waals surface area contributed by atoms with E-state index in [0.29, 0.717) is 10.7 Å². The van der Waals surface area contributed by atoms with Crippen molar-refractivity contribution in [2.45, 2.75) is 33.2 Å². The van der Waals surface area contributed by atoms with E-state index in [1.165, 1.54) is 11.3 Å². The van der Waals surface area contributed by atoms with Crippen LogP contribution in [0.5, 0.6) is 5.88 Å². The Bertz CT molecular complexity index is 924. The molecule has 0 fully saturated rings. The van der Waals surface area contributed by atoms with Crippen LogP contribution in [0.25, 0.3) is 10.9 Å². The maximum atomic E-state index is 12.0. The second kappa shape index (κ2) is 6.52. The van der Waals surface area contributed by atoms with Gasteiger partial charge in [0.15, 0.2) is 5.69 Å². The summed E-state index contributed by atoms with van der Waals surface area (Å²) in [6.45, 7) is 5.83. The van der Waals surface area contributed by atoms with Gasteiger partial charge in [0.2, 0.25) is 5.88 Å². The number of carbonyl (C=O) groups excluding carboxylic acids is 1. The summed E-state index contributed by atoms with van der Waals surface area (Å²) in [6, 6.07) is 7.60. The molecule has 0 spiro atoms. The van der Waals surface area contributed by atoms with Gasteiger partial charge in [0.05, 0.1) is 11.9 Å². The van der Waals surface area contributed by atoms with Crippen LogP contribution in [0.3, 0.4) is 0 Å². The second-order valence-corrected chi connectivity index (χ2v) is 6.75. The number of nitrogens with zero attached hydrogens (tertiary/aromatic N) is 4. The number of aromatic nitrogens is 2. The van der Waals surface area contributed by atoms with Gasteiger partial charge >= 0.3 is 0 Å². The zero-order valence-electron chi connectivity index (χ0n) is 13.7. The Labute approximate surface area is 143 Å². The molecule has 124 valence electrons. The van der Waals surface area contributed by atoms with Crippen molar-refractivity contribution in [1.82, 2.24) is 9.55 Å². The Balaban J connectivity index is 1.92. The highest BCUT2D eigenvalue weighted by molar-refractivity contribution is 7.09. The van der Waals surface area contributed by atoms with Crippen LogP contribution < -0.4 is 0 Å². The van der Waals surface area contributed by atoms with Crippen LogP contribution in [0.15, 0.2) is 39.9 Å². The maximum absolute atomic E-state index is 12.0. The summed E-state index contributed by atoms with van der Waals surface area (Å²) in [5.41, 5.74) is 2.07. The fraction of sp³-hybridized carbons (Fsp3) is 0.294. The number of azo groups is 1. The molecule has 0 aliphatic carbocycles. The lowest BCUT2D eigenvalue weighted by atomic mass is 10.2. The highest BCUT2D eigenvalue weighted by atomic mass is 32.1. The molecule has 6 nitrogen and oxygen atoms in total. The highest BCUT2D eigenvalue weighted by Crippen LogP contribution is 2.40. The van der Waals surface area contributed by atoms with E-state index in [2.05, 4.69) is 15.2 Å². The quantitative estimate of drug-likeness (QED) is 0.707. The van der Waals surface area contributed by atoms with Crippen molar-refractivity contribution in [3.8, 4) is 5.88 Å². The van der Waals surface area contributed by atoms with Crippen molar-refractivity contribution in [2.75, 3.05) is 0 Å². The third kappa shape index (κ3) is 3.07. The van der Waals surface area contributed by atoms with Crippen molar-refractivity contribution in [1.29, 1.82) is 0 Å². The first-order valence-corrected chi connectivity index (χ1v) is 8.52. The van der Waals surface area contributed by atoms with E-state index in [9.17, 15) is 9.90 Å². The molecule has 2 aromatic heterocycles. The summed E-state index contributed by atoms with van der Waals surface area (Å²) in [7, 11) is 0. The number of carbonyl (C=O) groups is 1. The fourth-order valence-electron chi connectivity index (χ4n) is 2.61. The second-order valence-electron chi connectivity index (χ2n) is 5.81. The molecule has 0 radical (unpaired) electrons. The molecule has 0 aliphatic heterocycles. The summed E-state index contributed by atoms with van der Waals surface area (Å²) < 4.78 is 1.78. The Morgan fingerprint density at radius 1 is 1.38 bits per heavy atom. The molecule has 0 unspecified atom stereocenters. The number of aryl methyl sites for hydroxylation is 1. The summed E-state index contributed by atoms with van der Waals surface area (Å²) >= 11 is 1.43. The van der Waals surface area contributed by atoms with Gasteiger partial charge in [-0.2, -0.15) is 0 Å². The molecule has 0 bridgehead atoms. The van der Waals surface area contributed by atoms with E-state index in [0.717, 1.165) is 16.6 Å². The Hall–Kier alpha value is -2.54. The number of hydrogen-bond acceptors (Lipinski definition) is 5. The minimum atomic E-state index is -0.384. The zero-order valence-corrected chi connectivity index (χ0v) is 14.5. The predicted molar refractivity (Wildman–Crippen MR) is 94.1 cm³/mol. The maximum Gasteiger partial charge on any atom is 0.271 e. The lowest BCUT2D eigenvalue weighted by Crippen LogP contribution is -1.99. The first kappa shape index (κ1) is 16.3. The van der Waals surface area contributed by atoms with Gasteiger partial charge in [-0.25, -0.2) is 4.98 Å². The van der Waals surface area contributed by atoms with E-state index >= 15 is 0 Å². The van der Waals surface area contributed by atoms with Crippen LogP contribution >= 0.6 is 11.3 Å². The van der Waals surface area contributed by atoms with E-state index in [1.54, 1.807) is 4.57 Å². The van der Waals surface area contributed by atoms with Gasteiger partial charge in [-0.3, -0.25) is 4.79 Å². The topological polar surface area (TPSA) is 79.8 Å². The first-order valence-electron chi connectivity index (χ1n) is 7.65. The Kier molecular flexibility index (Phi) is 4.44. The van der Waals surface area contributed by atoms with Crippen molar-refractivity contribution >= 4 is 33.8 Å². The summed E-state index contributed by atoms with van der Waals surface area (Å²) in [5.74, 6) is -0.363. The summed E-state index contributed by atoms with van der Waals surface area (Å²) in [5, 5.41) is 21.6. The van der Waals surface area contributed by atoms with Gasteiger partial charge in [0, 0.05) is 22.5 Å². The minimum absolute atomic E-state index is 0.0212. The molecule has 0 atom stereocenters. The molecule has 3 rings (SSSR count). The van der Waals surface area contributed by atoms with E-state index in [4.69, 9.17) is 0 Å². The van der Waals surface area contributed by atoms with E-state index in [-0.39, 0.29) is 24.2 Å². The third-order valence-electron chi connectivity index (χ3n) is 3.61. The van der Waals surface area contributed by atoms with Crippen LogP contribution in [0.1, 0.15) is 30.6 Å². The standard InChI is InChI=1S/C17H18N4O2S/c1-10(2)21-13-7-5-4-6-12(13)16(17(21)23)20-19-14(22)8-15-18-11(3)9-24-15/h4-7,9-10,23H,8H2,1-3H3. The number of fused-ring (bicyclic) bond motifs is 1. The van der Waals surface area contributed by atoms with Crippen LogP contribution in [0.2, 0.25) is 0 Å². The molecule has 24 heavy (non-hydrogen) atoms. The predicted octanol–water partition coefficient (Wildman–Crippen LogP) is 4.55. The SMILES string of the molecule is Cc1csc(CC(=O)N=Nc2c(O)n(C(C)C)c3ccccc23)n1. The molecule has 0 aliphatic rings. The monoisotopic (exact) mass is 342 g/mol. The highest BCUT2D eigenvalue weighted by Gasteiger charge is 2.18. The first-order chi connectivity index (χ1) is 11.5. The average Bonchev–Trinajstić information content (AvgIpc) is 3.05. The number of amides is 1. The fourth-order valence-corrected chi connectivity index (χ4v) is 3.37. The Morgan fingerprint density at radius 3 is 2.79 bits per heavy atom. The van der Waals surface area contributed by atoms with Gasteiger partial charge < -0.3 is 9.67 Å². The molecule has 1 amide bonds. The lowest BCUT2D eigenvalue weighted by Gasteiger charge is -2.10. The molecular weight excluding hydrogens is 324 g/mol. The van der Waals surface area contributed by atoms with Gasteiger partial charge in [-0.15, -0.1) is 21.6 Å². The molecule has 1 aromatic carbocycles. The normalized spacial score (nSPS) is 11.8. The molecular formula is C17H18N4O2S. The van der Waals surface area contributed by atoms with Crippen LogP contribution in [-0.2, 0) is 11.2 Å². The molecule has 0 saturated carbocycles. The van der Waals surface area contributed by atoms with Crippen molar-refractivity contribution < 1.29 is 9.90 Å². The smallest absolute Gasteiger partial charge is 0.271 e. The van der Waals surface area contributed by atoms with Gasteiger partial charge in [-0.05, 0) is 26.8 Å². The van der Waals surface area contributed by atoms with Crippen LogP contribution in [0.4, 0.5) is 5.69 Å². The molecule has 1 N–H and O–H groups in total. The van der Waals surface area contributed by atoms with Crippen molar-refractivity contribution in [3.63, 3.8) is 0 Å². The molecule has 2 heterocycles. The third-order valence-corrected chi connectivity index (χ3v) is 4.57. The Morgan fingerprint density at radius 2 is 2.12 bits per heavy atom. The number of hydrogen-bond donors (Lipinski definition) is 1. The average molecular weight is 342 g/mol. The van der Waals surface area contributed by atoms with Gasteiger partial charge in [-0.1, -0.05) is 18.2 Å². The van der Waals surface area contributed by atoms with Crippen LogP contribution in [0, 0.1) is 6.92 Å².